The van der Waals surface area contributed by atoms with Crippen LogP contribution in [0, 0.1) is 13.8 Å². The van der Waals surface area contributed by atoms with Crippen LogP contribution >= 0.6 is 27.5 Å². The lowest BCUT2D eigenvalue weighted by Gasteiger charge is -2.41. The average Bonchev–Trinajstić information content (AvgIpc) is 3.11. The molecule has 3 aromatic rings. The monoisotopic (exact) mass is 574 g/mol. The minimum absolute atomic E-state index is 0.153. The standard InChI is InChI=1S/C28H36BrClN4O2/c1-19(2)32-13-15-33(16-14-32)28(22-5-9-24(30)10-6-22)23-7-11-26(12-8-23)36-18-25(35)17-34-21(4)27(29)20(3)31-34/h5-12,19,25,28,35H,13-18H2,1-4H3. The first-order valence-corrected chi connectivity index (χ1v) is 13.7. The Morgan fingerprint density at radius 2 is 1.50 bits per heavy atom. The molecule has 0 bridgehead atoms. The Labute approximate surface area is 227 Å². The first-order chi connectivity index (χ1) is 17.2. The van der Waals surface area contributed by atoms with Gasteiger partial charge in [0.2, 0.25) is 0 Å². The predicted molar refractivity (Wildman–Crippen MR) is 149 cm³/mol. The highest BCUT2D eigenvalue weighted by atomic mass is 79.9. The summed E-state index contributed by atoms with van der Waals surface area (Å²) in [4.78, 5) is 5.08. The molecular weight excluding hydrogens is 540 g/mol. The molecule has 1 aliphatic rings. The van der Waals surface area contributed by atoms with Gasteiger partial charge in [-0.1, -0.05) is 35.9 Å². The molecule has 0 radical (unpaired) electrons. The quantitative estimate of drug-likeness (QED) is 0.367. The number of nitrogens with zero attached hydrogens (tertiary/aromatic N) is 4. The highest BCUT2D eigenvalue weighted by Gasteiger charge is 2.27. The number of hydrogen-bond acceptors (Lipinski definition) is 5. The van der Waals surface area contributed by atoms with E-state index in [0.717, 1.165) is 52.8 Å². The van der Waals surface area contributed by atoms with Gasteiger partial charge in [-0.05, 0) is 79.0 Å². The molecule has 1 aliphatic heterocycles. The van der Waals surface area contributed by atoms with Gasteiger partial charge < -0.3 is 9.84 Å². The van der Waals surface area contributed by atoms with Crippen LogP contribution in [0.25, 0.3) is 0 Å². The first-order valence-electron chi connectivity index (χ1n) is 12.6. The molecule has 36 heavy (non-hydrogen) atoms. The Balaban J connectivity index is 1.43. The number of halogens is 2. The summed E-state index contributed by atoms with van der Waals surface area (Å²) in [6.45, 7) is 13.2. The number of piperazine rings is 1. The highest BCUT2D eigenvalue weighted by molar-refractivity contribution is 9.10. The summed E-state index contributed by atoms with van der Waals surface area (Å²) in [5.41, 5.74) is 4.36. The topological polar surface area (TPSA) is 53.8 Å². The van der Waals surface area contributed by atoms with Gasteiger partial charge in [-0.15, -0.1) is 0 Å². The maximum Gasteiger partial charge on any atom is 0.119 e. The molecule has 0 aliphatic carbocycles. The van der Waals surface area contributed by atoms with Crippen molar-refractivity contribution in [3.8, 4) is 5.75 Å². The van der Waals surface area contributed by atoms with Gasteiger partial charge in [0.15, 0.2) is 0 Å². The summed E-state index contributed by atoms with van der Waals surface area (Å²) in [5, 5.41) is 15.7. The van der Waals surface area contributed by atoms with Crippen molar-refractivity contribution >= 4 is 27.5 Å². The second-order valence-corrected chi connectivity index (χ2v) is 11.0. The lowest BCUT2D eigenvalue weighted by Crippen LogP contribution is -2.49. The zero-order valence-electron chi connectivity index (χ0n) is 21.5. The van der Waals surface area contributed by atoms with E-state index in [2.05, 4.69) is 68.9 Å². The van der Waals surface area contributed by atoms with E-state index in [9.17, 15) is 5.11 Å². The van der Waals surface area contributed by atoms with Crippen LogP contribution < -0.4 is 4.74 Å². The molecule has 194 valence electrons. The van der Waals surface area contributed by atoms with Crippen molar-refractivity contribution in [1.29, 1.82) is 0 Å². The molecule has 1 fully saturated rings. The van der Waals surface area contributed by atoms with Crippen LogP contribution in [-0.4, -0.2) is 69.6 Å². The van der Waals surface area contributed by atoms with E-state index >= 15 is 0 Å². The third-order valence-corrected chi connectivity index (χ3v) is 8.34. The van der Waals surface area contributed by atoms with Crippen molar-refractivity contribution in [3.05, 3.63) is 80.5 Å². The van der Waals surface area contributed by atoms with E-state index in [4.69, 9.17) is 16.3 Å². The van der Waals surface area contributed by atoms with Crippen LogP contribution in [0.15, 0.2) is 53.0 Å². The Morgan fingerprint density at radius 3 is 2.03 bits per heavy atom. The summed E-state index contributed by atoms with van der Waals surface area (Å²) in [5.74, 6) is 0.742. The van der Waals surface area contributed by atoms with Gasteiger partial charge in [0.05, 0.1) is 22.8 Å². The van der Waals surface area contributed by atoms with Crippen LogP contribution in [0.5, 0.6) is 5.75 Å². The molecule has 8 heteroatoms. The molecule has 1 aromatic heterocycles. The molecule has 2 atom stereocenters. The molecule has 2 unspecified atom stereocenters. The van der Waals surface area contributed by atoms with Gasteiger partial charge in [0.1, 0.15) is 18.5 Å². The maximum absolute atomic E-state index is 10.5. The first kappa shape index (κ1) is 27.1. The SMILES string of the molecule is Cc1nn(CC(O)COc2ccc(C(c3ccc(Cl)cc3)N3CCN(C(C)C)CC3)cc2)c(C)c1Br. The lowest BCUT2D eigenvalue weighted by atomic mass is 9.96. The second kappa shape index (κ2) is 12.1. The van der Waals surface area contributed by atoms with E-state index in [0.29, 0.717) is 12.6 Å². The Hall–Kier alpha value is -1.90. The van der Waals surface area contributed by atoms with E-state index in [1.807, 2.05) is 42.8 Å². The van der Waals surface area contributed by atoms with Gasteiger partial charge in [-0.25, -0.2) is 0 Å². The molecule has 0 amide bonds. The number of benzene rings is 2. The van der Waals surface area contributed by atoms with Crippen molar-refractivity contribution in [2.24, 2.45) is 0 Å². The lowest BCUT2D eigenvalue weighted by molar-refractivity contribution is 0.0878. The molecule has 0 saturated carbocycles. The number of aryl methyl sites for hydroxylation is 1. The van der Waals surface area contributed by atoms with Crippen molar-refractivity contribution in [2.75, 3.05) is 32.8 Å². The fourth-order valence-electron chi connectivity index (χ4n) is 4.82. The van der Waals surface area contributed by atoms with Crippen LogP contribution in [0.1, 0.15) is 42.4 Å². The Bertz CT molecular complexity index is 1130. The Kier molecular flexibility index (Phi) is 9.12. The number of aliphatic hydroxyl groups is 1. The second-order valence-electron chi connectivity index (χ2n) is 9.82. The van der Waals surface area contributed by atoms with E-state index in [1.165, 1.54) is 11.1 Å². The zero-order chi connectivity index (χ0) is 25.8. The van der Waals surface area contributed by atoms with E-state index in [-0.39, 0.29) is 12.6 Å². The van der Waals surface area contributed by atoms with Crippen LogP contribution in [-0.2, 0) is 6.54 Å². The van der Waals surface area contributed by atoms with Gasteiger partial charge in [-0.3, -0.25) is 14.5 Å². The summed E-state index contributed by atoms with van der Waals surface area (Å²) < 4.78 is 8.71. The van der Waals surface area contributed by atoms with Gasteiger partial charge >= 0.3 is 0 Å². The number of aromatic nitrogens is 2. The average molecular weight is 576 g/mol. The summed E-state index contributed by atoms with van der Waals surface area (Å²) in [7, 11) is 0. The zero-order valence-corrected chi connectivity index (χ0v) is 23.8. The smallest absolute Gasteiger partial charge is 0.119 e. The van der Waals surface area contributed by atoms with Gasteiger partial charge in [0.25, 0.3) is 0 Å². The summed E-state index contributed by atoms with van der Waals surface area (Å²) >= 11 is 9.72. The normalized spacial score (nSPS) is 16.9. The van der Waals surface area contributed by atoms with E-state index < -0.39 is 6.10 Å². The minimum atomic E-state index is -0.659. The number of rotatable bonds is 9. The van der Waals surface area contributed by atoms with Crippen molar-refractivity contribution in [2.45, 2.75) is 52.4 Å². The molecule has 2 aromatic carbocycles. The molecular formula is C28H36BrClN4O2. The molecule has 2 heterocycles. The molecule has 1 N–H and O–H groups in total. The predicted octanol–water partition coefficient (Wildman–Crippen LogP) is 5.47. The summed E-state index contributed by atoms with van der Waals surface area (Å²) in [6, 6.07) is 17.2. The Morgan fingerprint density at radius 1 is 0.944 bits per heavy atom. The van der Waals surface area contributed by atoms with Crippen LogP contribution in [0.3, 0.4) is 0 Å². The highest BCUT2D eigenvalue weighted by Crippen LogP contribution is 2.32. The van der Waals surface area contributed by atoms with Crippen molar-refractivity contribution in [3.63, 3.8) is 0 Å². The fraction of sp³-hybridized carbons (Fsp3) is 0.464. The molecule has 6 nitrogen and oxygen atoms in total. The van der Waals surface area contributed by atoms with Crippen molar-refractivity contribution < 1.29 is 9.84 Å². The fourth-order valence-corrected chi connectivity index (χ4v) is 5.23. The van der Waals surface area contributed by atoms with Gasteiger partial charge in [-0.2, -0.15) is 5.10 Å². The number of hydrogen-bond donors (Lipinski definition) is 1. The third-order valence-electron chi connectivity index (χ3n) is 6.95. The van der Waals surface area contributed by atoms with Crippen LogP contribution in [0.4, 0.5) is 0 Å². The molecule has 1 saturated heterocycles. The minimum Gasteiger partial charge on any atom is -0.491 e. The largest absolute Gasteiger partial charge is 0.491 e. The number of aliphatic hydroxyl groups excluding tert-OH is 1. The molecule has 0 spiro atoms. The summed E-state index contributed by atoms with van der Waals surface area (Å²) in [6.07, 6.45) is -0.659. The van der Waals surface area contributed by atoms with Gasteiger partial charge in [0, 0.05) is 42.9 Å². The van der Waals surface area contributed by atoms with E-state index in [1.54, 1.807) is 0 Å². The number of ether oxygens (including phenoxy) is 1. The maximum atomic E-state index is 10.5. The van der Waals surface area contributed by atoms with Crippen LogP contribution in [0.2, 0.25) is 5.02 Å². The third kappa shape index (κ3) is 6.50. The van der Waals surface area contributed by atoms with Crippen molar-refractivity contribution in [1.82, 2.24) is 19.6 Å². The molecule has 4 rings (SSSR count).